The molecule has 0 saturated heterocycles. The minimum absolute atomic E-state index is 0.0522. The summed E-state index contributed by atoms with van der Waals surface area (Å²) in [5.74, 6) is -0.0522. The molecule has 0 aliphatic carbocycles. The first-order chi connectivity index (χ1) is 6.60. The van der Waals surface area contributed by atoms with Crippen LogP contribution in [0, 0.1) is 0 Å². The lowest BCUT2D eigenvalue weighted by Gasteiger charge is -2.32. The zero-order valence-electron chi connectivity index (χ0n) is 9.55. The third kappa shape index (κ3) is 4.58. The smallest absolute Gasteiger partial charge is 0.217 e. The zero-order valence-corrected chi connectivity index (χ0v) is 9.55. The third-order valence-corrected chi connectivity index (χ3v) is 2.12. The fourth-order valence-electron chi connectivity index (χ4n) is 1.35. The quantitative estimate of drug-likeness (QED) is 0.670. The van der Waals surface area contributed by atoms with Gasteiger partial charge in [0.15, 0.2) is 0 Å². The minimum Gasteiger partial charge on any atom is -0.382 e. The fraction of sp³-hybridized carbons (Fsp3) is 0.900. The summed E-state index contributed by atoms with van der Waals surface area (Å²) in [5.41, 5.74) is -0.378. The first-order valence-corrected chi connectivity index (χ1v) is 4.95. The van der Waals surface area contributed by atoms with Crippen LogP contribution < -0.4 is 5.32 Å². The highest BCUT2D eigenvalue weighted by molar-refractivity contribution is 5.73. The molecule has 0 aromatic carbocycles. The molecule has 1 N–H and O–H groups in total. The van der Waals surface area contributed by atoms with Crippen molar-refractivity contribution in [1.82, 2.24) is 5.32 Å². The summed E-state index contributed by atoms with van der Waals surface area (Å²) in [6.45, 7) is 7.06. The number of rotatable bonds is 7. The molecule has 0 spiro atoms. The van der Waals surface area contributed by atoms with Crippen LogP contribution in [0.3, 0.4) is 0 Å². The van der Waals surface area contributed by atoms with Crippen molar-refractivity contribution >= 4 is 5.91 Å². The average Bonchev–Trinajstić information content (AvgIpc) is 2.14. The van der Waals surface area contributed by atoms with Gasteiger partial charge in [0.05, 0.1) is 18.8 Å². The normalized spacial score (nSPS) is 14.9. The Kier molecular flexibility index (Phi) is 6.49. The molecule has 1 amide bonds. The number of carbonyl (C=O) groups excluding carboxylic acids is 1. The number of amides is 1. The maximum atomic E-state index is 11.0. The molecule has 0 fully saturated rings. The SMILES string of the molecule is CCOCC(CC)(COC)NC(C)=O. The van der Waals surface area contributed by atoms with E-state index < -0.39 is 0 Å². The lowest BCUT2D eigenvalue weighted by Crippen LogP contribution is -2.54. The minimum atomic E-state index is -0.378. The molecular formula is C10H21NO3. The number of ether oxygens (including phenoxy) is 2. The van der Waals surface area contributed by atoms with E-state index in [0.29, 0.717) is 19.8 Å². The van der Waals surface area contributed by atoms with Gasteiger partial charge in [-0.15, -0.1) is 0 Å². The van der Waals surface area contributed by atoms with Gasteiger partial charge in [-0.2, -0.15) is 0 Å². The van der Waals surface area contributed by atoms with Crippen molar-refractivity contribution < 1.29 is 14.3 Å². The van der Waals surface area contributed by atoms with Crippen LogP contribution in [0.4, 0.5) is 0 Å². The van der Waals surface area contributed by atoms with Gasteiger partial charge in [-0.05, 0) is 13.3 Å². The maximum absolute atomic E-state index is 11.0. The molecule has 0 aromatic rings. The Morgan fingerprint density at radius 1 is 1.36 bits per heavy atom. The molecule has 84 valence electrons. The van der Waals surface area contributed by atoms with Gasteiger partial charge < -0.3 is 14.8 Å². The van der Waals surface area contributed by atoms with E-state index in [4.69, 9.17) is 9.47 Å². The summed E-state index contributed by atoms with van der Waals surface area (Å²) in [5, 5.41) is 2.89. The topological polar surface area (TPSA) is 47.6 Å². The number of nitrogens with one attached hydrogen (secondary N) is 1. The largest absolute Gasteiger partial charge is 0.382 e. The molecule has 0 aromatic heterocycles. The molecule has 4 nitrogen and oxygen atoms in total. The Balaban J connectivity index is 4.33. The van der Waals surface area contributed by atoms with Crippen molar-refractivity contribution in [3.8, 4) is 0 Å². The van der Waals surface area contributed by atoms with Gasteiger partial charge in [0.2, 0.25) is 5.91 Å². The van der Waals surface area contributed by atoms with Crippen molar-refractivity contribution in [2.45, 2.75) is 32.7 Å². The molecule has 1 unspecified atom stereocenters. The van der Waals surface area contributed by atoms with Crippen molar-refractivity contribution in [3.05, 3.63) is 0 Å². The van der Waals surface area contributed by atoms with Crippen LogP contribution in [0.1, 0.15) is 27.2 Å². The monoisotopic (exact) mass is 203 g/mol. The molecular weight excluding hydrogens is 182 g/mol. The van der Waals surface area contributed by atoms with Gasteiger partial charge in [-0.3, -0.25) is 4.79 Å². The fourth-order valence-corrected chi connectivity index (χ4v) is 1.35. The molecule has 0 rings (SSSR count). The van der Waals surface area contributed by atoms with Gasteiger partial charge >= 0.3 is 0 Å². The highest BCUT2D eigenvalue weighted by atomic mass is 16.5. The van der Waals surface area contributed by atoms with E-state index in [1.807, 2.05) is 13.8 Å². The molecule has 0 heterocycles. The maximum Gasteiger partial charge on any atom is 0.217 e. The number of carbonyl (C=O) groups is 1. The van der Waals surface area contributed by atoms with Crippen LogP contribution in [-0.2, 0) is 14.3 Å². The second-order valence-electron chi connectivity index (χ2n) is 3.39. The summed E-state index contributed by atoms with van der Waals surface area (Å²) in [4.78, 5) is 11.0. The van der Waals surface area contributed by atoms with Crippen molar-refractivity contribution in [2.24, 2.45) is 0 Å². The van der Waals surface area contributed by atoms with Gasteiger partial charge in [0, 0.05) is 20.6 Å². The molecule has 0 saturated carbocycles. The summed E-state index contributed by atoms with van der Waals surface area (Å²) < 4.78 is 10.5. The first-order valence-electron chi connectivity index (χ1n) is 4.95. The van der Waals surface area contributed by atoms with Gasteiger partial charge in [0.25, 0.3) is 0 Å². The highest BCUT2D eigenvalue weighted by Crippen LogP contribution is 2.11. The molecule has 0 aliphatic heterocycles. The van der Waals surface area contributed by atoms with E-state index in [-0.39, 0.29) is 11.4 Å². The second kappa shape index (κ2) is 6.79. The Labute approximate surface area is 86.0 Å². The molecule has 14 heavy (non-hydrogen) atoms. The summed E-state index contributed by atoms with van der Waals surface area (Å²) in [6.07, 6.45) is 0.792. The van der Waals surface area contributed by atoms with Crippen molar-refractivity contribution in [3.63, 3.8) is 0 Å². The average molecular weight is 203 g/mol. The van der Waals surface area contributed by atoms with Crippen LogP contribution in [0.5, 0.6) is 0 Å². The lowest BCUT2D eigenvalue weighted by molar-refractivity contribution is -0.123. The van der Waals surface area contributed by atoms with Crippen LogP contribution >= 0.6 is 0 Å². The van der Waals surface area contributed by atoms with E-state index in [2.05, 4.69) is 5.32 Å². The first kappa shape index (κ1) is 13.4. The van der Waals surface area contributed by atoms with Gasteiger partial charge in [-0.1, -0.05) is 6.92 Å². The lowest BCUT2D eigenvalue weighted by atomic mass is 9.98. The Morgan fingerprint density at radius 3 is 2.36 bits per heavy atom. The van der Waals surface area contributed by atoms with E-state index in [1.54, 1.807) is 7.11 Å². The molecule has 0 aliphatic rings. The molecule has 4 heteroatoms. The highest BCUT2D eigenvalue weighted by Gasteiger charge is 2.29. The van der Waals surface area contributed by atoms with Crippen LogP contribution in [0.2, 0.25) is 0 Å². The summed E-state index contributed by atoms with van der Waals surface area (Å²) in [7, 11) is 1.62. The van der Waals surface area contributed by atoms with Crippen LogP contribution in [-0.4, -0.2) is 38.4 Å². The van der Waals surface area contributed by atoms with Crippen LogP contribution in [0.25, 0.3) is 0 Å². The van der Waals surface area contributed by atoms with Crippen molar-refractivity contribution in [1.29, 1.82) is 0 Å². The number of hydrogen-bond acceptors (Lipinski definition) is 3. The number of hydrogen-bond donors (Lipinski definition) is 1. The van der Waals surface area contributed by atoms with E-state index in [9.17, 15) is 4.79 Å². The van der Waals surface area contributed by atoms with Gasteiger partial charge in [-0.25, -0.2) is 0 Å². The number of methoxy groups -OCH3 is 1. The summed E-state index contributed by atoms with van der Waals surface area (Å²) in [6, 6.07) is 0. The zero-order chi connectivity index (χ0) is 11.0. The van der Waals surface area contributed by atoms with E-state index >= 15 is 0 Å². The Bertz CT molecular complexity index is 173. The molecule has 1 atom stereocenters. The van der Waals surface area contributed by atoms with Crippen molar-refractivity contribution in [2.75, 3.05) is 26.9 Å². The van der Waals surface area contributed by atoms with E-state index in [0.717, 1.165) is 6.42 Å². The Morgan fingerprint density at radius 2 is 2.00 bits per heavy atom. The van der Waals surface area contributed by atoms with Crippen LogP contribution in [0.15, 0.2) is 0 Å². The standard InChI is InChI=1S/C10H21NO3/c1-5-10(7-13-4,8-14-6-2)11-9(3)12/h5-8H2,1-4H3,(H,11,12). The molecule has 0 radical (unpaired) electrons. The predicted octanol–water partition coefficient (Wildman–Crippen LogP) is 0.954. The second-order valence-corrected chi connectivity index (χ2v) is 3.39. The van der Waals surface area contributed by atoms with E-state index in [1.165, 1.54) is 6.92 Å². The van der Waals surface area contributed by atoms with Gasteiger partial charge in [0.1, 0.15) is 0 Å². The summed E-state index contributed by atoms with van der Waals surface area (Å²) >= 11 is 0. The predicted molar refractivity (Wildman–Crippen MR) is 55.2 cm³/mol. The Hall–Kier alpha value is -0.610. The third-order valence-electron chi connectivity index (χ3n) is 2.12. The molecule has 0 bridgehead atoms.